The highest BCUT2D eigenvalue weighted by Crippen LogP contribution is 2.21. The topological polar surface area (TPSA) is 110 Å². The lowest BCUT2D eigenvalue weighted by Crippen LogP contribution is -2.25. The maximum absolute atomic E-state index is 12.1. The van der Waals surface area contributed by atoms with Crippen molar-refractivity contribution < 1.29 is 18.4 Å². The Hall–Kier alpha value is -1.81. The van der Waals surface area contributed by atoms with E-state index in [2.05, 4.69) is 4.72 Å². The van der Waals surface area contributed by atoms with Gasteiger partial charge in [0.15, 0.2) is 0 Å². The van der Waals surface area contributed by atoms with Crippen LogP contribution in [0, 0.1) is 10.1 Å². The molecule has 0 aliphatic heterocycles. The summed E-state index contributed by atoms with van der Waals surface area (Å²) in [4.78, 5) is 10.6. The quantitative estimate of drug-likeness (QED) is 0.591. The molecule has 0 aliphatic rings. The van der Waals surface area contributed by atoms with Gasteiger partial charge in [-0.15, -0.1) is 11.3 Å². The van der Waals surface area contributed by atoms with E-state index >= 15 is 0 Å². The predicted molar refractivity (Wildman–Crippen MR) is 82.2 cm³/mol. The van der Waals surface area contributed by atoms with Gasteiger partial charge in [0, 0.05) is 23.6 Å². The van der Waals surface area contributed by atoms with E-state index in [1.54, 1.807) is 12.1 Å². The average molecular weight is 342 g/mol. The number of benzene rings is 1. The van der Waals surface area contributed by atoms with Crippen LogP contribution in [0.4, 0.5) is 5.69 Å². The van der Waals surface area contributed by atoms with Gasteiger partial charge in [-0.3, -0.25) is 10.1 Å². The van der Waals surface area contributed by atoms with Crippen molar-refractivity contribution in [3.05, 3.63) is 56.8 Å². The van der Waals surface area contributed by atoms with Crippen LogP contribution in [0.3, 0.4) is 0 Å². The minimum Gasteiger partial charge on any atom is -0.388 e. The monoisotopic (exact) mass is 342 g/mol. The van der Waals surface area contributed by atoms with Crippen molar-refractivity contribution in [2.24, 2.45) is 0 Å². The predicted octanol–water partition coefficient (Wildman–Crippen LogP) is 2.06. The van der Waals surface area contributed by atoms with Gasteiger partial charge in [0.25, 0.3) is 5.69 Å². The fraction of sp³-hybridized carbons (Fsp3) is 0.231. The standard InChI is InChI=1S/C13H14N2O5S2/c16-12(13-5-2-8-21-13)6-7-14-22(19,20)11-4-1-3-10(9-11)15(17)18/h1-5,8-9,12,14,16H,6-7H2. The van der Waals surface area contributed by atoms with Crippen LogP contribution in [0.2, 0.25) is 0 Å². The number of nitrogens with one attached hydrogen (secondary N) is 1. The van der Waals surface area contributed by atoms with E-state index in [-0.39, 0.29) is 23.5 Å². The number of nitrogens with zero attached hydrogens (tertiary/aromatic N) is 1. The van der Waals surface area contributed by atoms with E-state index in [0.717, 1.165) is 10.9 Å². The van der Waals surface area contributed by atoms with Crippen LogP contribution in [0.1, 0.15) is 17.4 Å². The molecular weight excluding hydrogens is 328 g/mol. The third-order valence-corrected chi connectivity index (χ3v) is 5.35. The first-order valence-corrected chi connectivity index (χ1v) is 8.72. The van der Waals surface area contributed by atoms with Crippen LogP contribution in [0.25, 0.3) is 0 Å². The summed E-state index contributed by atoms with van der Waals surface area (Å²) in [5.74, 6) is 0. The van der Waals surface area contributed by atoms with Crippen LogP contribution in [-0.2, 0) is 10.0 Å². The van der Waals surface area contributed by atoms with Gasteiger partial charge in [0.2, 0.25) is 10.0 Å². The number of rotatable bonds is 7. The lowest BCUT2D eigenvalue weighted by atomic mass is 10.2. The van der Waals surface area contributed by atoms with Crippen LogP contribution < -0.4 is 4.72 Å². The molecule has 0 amide bonds. The SMILES string of the molecule is O=[N+]([O-])c1cccc(S(=O)(=O)NCCC(O)c2cccs2)c1. The molecule has 1 aromatic heterocycles. The fourth-order valence-electron chi connectivity index (χ4n) is 1.80. The molecule has 2 rings (SSSR count). The van der Waals surface area contributed by atoms with Gasteiger partial charge in [0.05, 0.1) is 15.9 Å². The van der Waals surface area contributed by atoms with Crippen molar-refractivity contribution in [2.45, 2.75) is 17.4 Å². The highest BCUT2D eigenvalue weighted by molar-refractivity contribution is 7.89. The van der Waals surface area contributed by atoms with Crippen molar-refractivity contribution in [3.63, 3.8) is 0 Å². The smallest absolute Gasteiger partial charge is 0.270 e. The average Bonchev–Trinajstić information content (AvgIpc) is 3.01. The summed E-state index contributed by atoms with van der Waals surface area (Å²) in [7, 11) is -3.84. The first-order valence-electron chi connectivity index (χ1n) is 6.36. The lowest BCUT2D eigenvalue weighted by Gasteiger charge is -2.10. The number of nitro benzene ring substituents is 1. The molecule has 1 atom stereocenters. The summed E-state index contributed by atoms with van der Waals surface area (Å²) in [6.45, 7) is 0.0318. The van der Waals surface area contributed by atoms with Gasteiger partial charge >= 0.3 is 0 Å². The van der Waals surface area contributed by atoms with E-state index in [0.29, 0.717) is 0 Å². The molecule has 0 fully saturated rings. The Kier molecular flexibility index (Phi) is 5.24. The molecule has 1 unspecified atom stereocenters. The molecule has 118 valence electrons. The Morgan fingerprint density at radius 3 is 2.73 bits per heavy atom. The second-order valence-electron chi connectivity index (χ2n) is 4.47. The summed E-state index contributed by atoms with van der Waals surface area (Å²) in [5, 5.41) is 22.4. The van der Waals surface area contributed by atoms with E-state index < -0.39 is 21.1 Å². The first kappa shape index (κ1) is 16.6. The molecule has 0 radical (unpaired) electrons. The number of sulfonamides is 1. The second-order valence-corrected chi connectivity index (χ2v) is 7.22. The van der Waals surface area contributed by atoms with Crippen molar-refractivity contribution in [2.75, 3.05) is 6.54 Å². The number of aliphatic hydroxyl groups excluding tert-OH is 1. The van der Waals surface area contributed by atoms with Gasteiger partial charge in [-0.1, -0.05) is 12.1 Å². The Bertz CT molecular complexity index is 744. The zero-order valence-electron chi connectivity index (χ0n) is 11.4. The molecule has 9 heteroatoms. The summed E-state index contributed by atoms with van der Waals surface area (Å²) < 4.78 is 26.5. The highest BCUT2D eigenvalue weighted by atomic mass is 32.2. The van der Waals surface area contributed by atoms with Crippen LogP contribution in [-0.4, -0.2) is 25.0 Å². The van der Waals surface area contributed by atoms with Crippen molar-refractivity contribution in [3.8, 4) is 0 Å². The van der Waals surface area contributed by atoms with Gasteiger partial charge in [-0.05, 0) is 23.9 Å². The van der Waals surface area contributed by atoms with Crippen LogP contribution in [0.5, 0.6) is 0 Å². The molecule has 0 saturated heterocycles. The molecule has 22 heavy (non-hydrogen) atoms. The van der Waals surface area contributed by atoms with Gasteiger partial charge in [0.1, 0.15) is 0 Å². The normalized spacial score (nSPS) is 13.0. The largest absolute Gasteiger partial charge is 0.388 e. The Morgan fingerprint density at radius 1 is 1.32 bits per heavy atom. The molecule has 0 saturated carbocycles. The number of thiophene rings is 1. The molecule has 2 aromatic rings. The maximum atomic E-state index is 12.1. The number of hydrogen-bond donors (Lipinski definition) is 2. The molecular formula is C13H14N2O5S2. The number of aliphatic hydroxyl groups is 1. The van der Waals surface area contributed by atoms with Crippen LogP contribution >= 0.6 is 11.3 Å². The zero-order valence-corrected chi connectivity index (χ0v) is 13.0. The summed E-state index contributed by atoms with van der Waals surface area (Å²) in [5.41, 5.74) is -0.290. The molecule has 0 aliphatic carbocycles. The molecule has 1 heterocycles. The second kappa shape index (κ2) is 6.97. The Morgan fingerprint density at radius 2 is 2.09 bits per heavy atom. The number of nitro groups is 1. The van der Waals surface area contributed by atoms with E-state index in [1.165, 1.54) is 29.5 Å². The van der Waals surface area contributed by atoms with Crippen LogP contribution in [0.15, 0.2) is 46.7 Å². The summed E-state index contributed by atoms with van der Waals surface area (Å²) >= 11 is 1.39. The minimum absolute atomic E-state index is 0.0318. The molecule has 0 spiro atoms. The number of non-ortho nitro benzene ring substituents is 1. The van der Waals surface area contributed by atoms with Crippen molar-refractivity contribution in [1.29, 1.82) is 0 Å². The molecule has 0 bridgehead atoms. The minimum atomic E-state index is -3.84. The third kappa shape index (κ3) is 4.10. The third-order valence-electron chi connectivity index (χ3n) is 2.92. The van der Waals surface area contributed by atoms with Crippen molar-refractivity contribution in [1.82, 2.24) is 4.72 Å². The Labute approximate surface area is 131 Å². The number of hydrogen-bond acceptors (Lipinski definition) is 6. The van der Waals surface area contributed by atoms with Gasteiger partial charge in [-0.2, -0.15) is 0 Å². The molecule has 7 nitrogen and oxygen atoms in total. The van der Waals surface area contributed by atoms with E-state index in [4.69, 9.17) is 0 Å². The van der Waals surface area contributed by atoms with Crippen molar-refractivity contribution >= 4 is 27.0 Å². The summed E-state index contributed by atoms with van der Waals surface area (Å²) in [6, 6.07) is 8.39. The van der Waals surface area contributed by atoms with Gasteiger partial charge < -0.3 is 5.11 Å². The summed E-state index contributed by atoms with van der Waals surface area (Å²) in [6.07, 6.45) is -0.526. The zero-order chi connectivity index (χ0) is 16.2. The van der Waals surface area contributed by atoms with E-state index in [9.17, 15) is 23.6 Å². The molecule has 1 aromatic carbocycles. The molecule has 2 N–H and O–H groups in total. The maximum Gasteiger partial charge on any atom is 0.270 e. The lowest BCUT2D eigenvalue weighted by molar-refractivity contribution is -0.385. The van der Waals surface area contributed by atoms with Gasteiger partial charge in [-0.25, -0.2) is 13.1 Å². The Balaban J connectivity index is 1.99. The highest BCUT2D eigenvalue weighted by Gasteiger charge is 2.18. The van der Waals surface area contributed by atoms with E-state index in [1.807, 2.05) is 5.38 Å². The fourth-order valence-corrected chi connectivity index (χ4v) is 3.63. The first-order chi connectivity index (χ1) is 10.4.